The summed E-state index contributed by atoms with van der Waals surface area (Å²) in [5.74, 6) is -0.489. The molecule has 1 aliphatic rings. The molecule has 0 aliphatic carbocycles. The number of morpholine rings is 1. The zero-order valence-corrected chi connectivity index (χ0v) is 16.0. The van der Waals surface area contributed by atoms with Crippen molar-refractivity contribution in [2.45, 2.75) is 13.8 Å². The fourth-order valence-corrected chi connectivity index (χ4v) is 3.49. The minimum Gasteiger partial charge on any atom is -0.378 e. The summed E-state index contributed by atoms with van der Waals surface area (Å²) < 4.78 is 21.3. The number of carbonyl (C=O) groups excluding carboxylic acids is 1. The van der Waals surface area contributed by atoms with E-state index in [4.69, 9.17) is 4.74 Å². The molecule has 0 spiro atoms. The molecule has 5 nitrogen and oxygen atoms in total. The molecule has 0 radical (unpaired) electrons. The number of amides is 1. The highest BCUT2D eigenvalue weighted by molar-refractivity contribution is 5.94. The van der Waals surface area contributed by atoms with E-state index in [0.29, 0.717) is 43.3 Å². The maximum absolute atomic E-state index is 14.3. The SMILES string of the molecule is Cc1ccc(-n2nc(-c3ccccc3F)cc2C(=O)N2CCOCC2)c(C)c1. The third kappa shape index (κ3) is 3.43. The predicted molar refractivity (Wildman–Crippen MR) is 105 cm³/mol. The van der Waals surface area contributed by atoms with Gasteiger partial charge in [0.1, 0.15) is 11.5 Å². The lowest BCUT2D eigenvalue weighted by atomic mass is 10.1. The summed E-state index contributed by atoms with van der Waals surface area (Å²) in [6.07, 6.45) is 0. The summed E-state index contributed by atoms with van der Waals surface area (Å²) in [6.45, 7) is 6.10. The Morgan fingerprint density at radius 1 is 1.07 bits per heavy atom. The summed E-state index contributed by atoms with van der Waals surface area (Å²) >= 11 is 0. The number of carbonyl (C=O) groups is 1. The maximum atomic E-state index is 14.3. The minimum absolute atomic E-state index is 0.127. The van der Waals surface area contributed by atoms with Crippen molar-refractivity contribution in [1.29, 1.82) is 0 Å². The van der Waals surface area contributed by atoms with Crippen LogP contribution in [0.5, 0.6) is 0 Å². The second-order valence-corrected chi connectivity index (χ2v) is 7.00. The normalized spacial score (nSPS) is 14.3. The molecule has 28 heavy (non-hydrogen) atoms. The molecule has 0 bridgehead atoms. The van der Waals surface area contributed by atoms with E-state index < -0.39 is 0 Å². The Hall–Kier alpha value is -2.99. The summed E-state index contributed by atoms with van der Waals surface area (Å²) in [7, 11) is 0. The van der Waals surface area contributed by atoms with Crippen molar-refractivity contribution in [3.63, 3.8) is 0 Å². The minimum atomic E-state index is -0.363. The molecule has 6 heteroatoms. The van der Waals surface area contributed by atoms with E-state index in [2.05, 4.69) is 5.10 Å². The average molecular weight is 379 g/mol. The molecule has 2 aromatic carbocycles. The van der Waals surface area contributed by atoms with Crippen LogP contribution in [0.15, 0.2) is 48.5 Å². The number of ether oxygens (including phenoxy) is 1. The summed E-state index contributed by atoms with van der Waals surface area (Å²) in [6, 6.07) is 14.1. The first-order valence-corrected chi connectivity index (χ1v) is 9.34. The fourth-order valence-electron chi connectivity index (χ4n) is 3.49. The largest absolute Gasteiger partial charge is 0.378 e. The number of rotatable bonds is 3. The number of hydrogen-bond acceptors (Lipinski definition) is 3. The smallest absolute Gasteiger partial charge is 0.272 e. The van der Waals surface area contributed by atoms with Crippen LogP contribution < -0.4 is 0 Å². The number of aryl methyl sites for hydroxylation is 2. The Labute approximate surface area is 163 Å². The van der Waals surface area contributed by atoms with Gasteiger partial charge in [-0.05, 0) is 43.7 Å². The van der Waals surface area contributed by atoms with Crippen LogP contribution in [0.4, 0.5) is 4.39 Å². The standard InChI is InChI=1S/C22H22FN3O2/c1-15-7-8-20(16(2)13-15)26-21(22(27)25-9-11-28-12-10-25)14-19(24-26)17-5-3-4-6-18(17)23/h3-8,13-14H,9-12H2,1-2H3. The van der Waals surface area contributed by atoms with Crippen LogP contribution in [0, 0.1) is 19.7 Å². The van der Waals surface area contributed by atoms with E-state index in [1.807, 2.05) is 32.0 Å². The van der Waals surface area contributed by atoms with Crippen molar-refractivity contribution in [2.24, 2.45) is 0 Å². The molecular weight excluding hydrogens is 357 g/mol. The second kappa shape index (κ2) is 7.56. The number of nitrogens with zero attached hydrogens (tertiary/aromatic N) is 3. The van der Waals surface area contributed by atoms with Crippen molar-refractivity contribution in [3.05, 3.63) is 71.2 Å². The van der Waals surface area contributed by atoms with Gasteiger partial charge in [-0.2, -0.15) is 5.10 Å². The number of hydrogen-bond donors (Lipinski definition) is 0. The molecule has 1 amide bonds. The number of halogens is 1. The first kappa shape index (κ1) is 18.4. The molecular formula is C22H22FN3O2. The van der Waals surface area contributed by atoms with Gasteiger partial charge in [0.2, 0.25) is 0 Å². The average Bonchev–Trinajstić information content (AvgIpc) is 3.13. The Morgan fingerprint density at radius 3 is 2.54 bits per heavy atom. The van der Waals surface area contributed by atoms with Crippen LogP contribution in [-0.2, 0) is 4.74 Å². The molecule has 1 aliphatic heterocycles. The van der Waals surface area contributed by atoms with Crippen LogP contribution in [0.25, 0.3) is 16.9 Å². The van der Waals surface area contributed by atoms with Gasteiger partial charge in [0.15, 0.2) is 0 Å². The lowest BCUT2D eigenvalue weighted by Gasteiger charge is -2.27. The summed E-state index contributed by atoms with van der Waals surface area (Å²) in [5, 5.41) is 4.62. The molecule has 0 saturated carbocycles. The maximum Gasteiger partial charge on any atom is 0.272 e. The van der Waals surface area contributed by atoms with E-state index in [-0.39, 0.29) is 11.7 Å². The molecule has 0 unspecified atom stereocenters. The van der Waals surface area contributed by atoms with Gasteiger partial charge < -0.3 is 9.64 Å². The highest BCUT2D eigenvalue weighted by Crippen LogP contribution is 2.26. The van der Waals surface area contributed by atoms with E-state index >= 15 is 0 Å². The van der Waals surface area contributed by atoms with Gasteiger partial charge in [-0.25, -0.2) is 9.07 Å². The van der Waals surface area contributed by atoms with Crippen LogP contribution in [0.1, 0.15) is 21.6 Å². The molecule has 1 aromatic heterocycles. The highest BCUT2D eigenvalue weighted by Gasteiger charge is 2.25. The molecule has 3 aromatic rings. The van der Waals surface area contributed by atoms with Gasteiger partial charge >= 0.3 is 0 Å². The molecule has 1 fully saturated rings. The Balaban J connectivity index is 1.85. The molecule has 0 atom stereocenters. The van der Waals surface area contributed by atoms with Crippen molar-refractivity contribution in [1.82, 2.24) is 14.7 Å². The van der Waals surface area contributed by atoms with Crippen molar-refractivity contribution >= 4 is 5.91 Å². The van der Waals surface area contributed by atoms with Crippen molar-refractivity contribution in [3.8, 4) is 16.9 Å². The Morgan fingerprint density at radius 2 is 1.82 bits per heavy atom. The fraction of sp³-hybridized carbons (Fsp3) is 0.273. The summed E-state index contributed by atoms with van der Waals surface area (Å²) in [4.78, 5) is 15.0. The molecule has 4 rings (SSSR count). The Bertz CT molecular complexity index is 1020. The quantitative estimate of drug-likeness (QED) is 0.696. The van der Waals surface area contributed by atoms with Crippen LogP contribution in [0.3, 0.4) is 0 Å². The first-order valence-electron chi connectivity index (χ1n) is 9.34. The van der Waals surface area contributed by atoms with Gasteiger partial charge in [-0.3, -0.25) is 4.79 Å². The molecule has 2 heterocycles. The summed E-state index contributed by atoms with van der Waals surface area (Å²) in [5.41, 5.74) is 4.18. The van der Waals surface area contributed by atoms with Crippen LogP contribution in [-0.4, -0.2) is 46.9 Å². The lowest BCUT2D eigenvalue weighted by molar-refractivity contribution is 0.0297. The third-order valence-electron chi connectivity index (χ3n) is 4.96. The Kier molecular flexibility index (Phi) is 4.96. The van der Waals surface area contributed by atoms with E-state index in [1.54, 1.807) is 33.8 Å². The van der Waals surface area contributed by atoms with Gasteiger partial charge in [-0.15, -0.1) is 0 Å². The molecule has 144 valence electrons. The van der Waals surface area contributed by atoms with E-state index in [1.165, 1.54) is 6.07 Å². The van der Waals surface area contributed by atoms with Crippen LogP contribution in [0.2, 0.25) is 0 Å². The van der Waals surface area contributed by atoms with Gasteiger partial charge in [-0.1, -0.05) is 29.8 Å². The molecule has 1 saturated heterocycles. The van der Waals surface area contributed by atoms with Gasteiger partial charge in [0, 0.05) is 18.7 Å². The van der Waals surface area contributed by atoms with Gasteiger partial charge in [0.05, 0.1) is 24.6 Å². The van der Waals surface area contributed by atoms with Gasteiger partial charge in [0.25, 0.3) is 5.91 Å². The second-order valence-electron chi connectivity index (χ2n) is 7.00. The monoisotopic (exact) mass is 379 g/mol. The predicted octanol–water partition coefficient (Wildman–Crippen LogP) is 3.77. The topological polar surface area (TPSA) is 47.4 Å². The zero-order valence-electron chi connectivity index (χ0n) is 16.0. The first-order chi connectivity index (χ1) is 13.5. The number of benzene rings is 2. The zero-order chi connectivity index (χ0) is 19.7. The van der Waals surface area contributed by atoms with Crippen molar-refractivity contribution in [2.75, 3.05) is 26.3 Å². The highest BCUT2D eigenvalue weighted by atomic mass is 19.1. The van der Waals surface area contributed by atoms with E-state index in [9.17, 15) is 9.18 Å². The lowest BCUT2D eigenvalue weighted by Crippen LogP contribution is -2.41. The third-order valence-corrected chi connectivity index (χ3v) is 4.96. The van der Waals surface area contributed by atoms with Crippen molar-refractivity contribution < 1.29 is 13.9 Å². The van der Waals surface area contributed by atoms with E-state index in [0.717, 1.165) is 16.8 Å². The van der Waals surface area contributed by atoms with Crippen LogP contribution >= 0.6 is 0 Å². The molecule has 0 N–H and O–H groups in total. The number of aromatic nitrogens is 2.